The molecule has 0 bridgehead atoms. The maximum Gasteiger partial charge on any atom is 0.251 e. The van der Waals surface area contributed by atoms with E-state index >= 15 is 0 Å². The minimum atomic E-state index is -0.401. The first-order chi connectivity index (χ1) is 9.61. The summed E-state index contributed by atoms with van der Waals surface area (Å²) >= 11 is 0. The standard InChI is InChI=1S/C15H28N2O3/c1-11-5-6-17(13(8-11)9-16)15(18)12(2)20-10-14-4-3-7-19-14/h11-14H,3-10,16H2,1-2H3. The molecular formula is C15H28N2O3. The number of hydrogen-bond donors (Lipinski definition) is 1. The van der Waals surface area contributed by atoms with Crippen molar-refractivity contribution >= 4 is 5.91 Å². The quantitative estimate of drug-likeness (QED) is 0.822. The summed E-state index contributed by atoms with van der Waals surface area (Å²) in [6.45, 7) is 6.73. The zero-order valence-corrected chi connectivity index (χ0v) is 12.7. The fraction of sp³-hybridized carbons (Fsp3) is 0.933. The van der Waals surface area contributed by atoms with Crippen molar-refractivity contribution in [2.75, 3.05) is 26.3 Å². The number of carbonyl (C=O) groups is 1. The maximum atomic E-state index is 12.5. The molecule has 2 rings (SSSR count). The van der Waals surface area contributed by atoms with Gasteiger partial charge in [0.15, 0.2) is 0 Å². The van der Waals surface area contributed by atoms with Crippen molar-refractivity contribution < 1.29 is 14.3 Å². The first kappa shape index (κ1) is 15.7. The highest BCUT2D eigenvalue weighted by Gasteiger charge is 2.32. The summed E-state index contributed by atoms with van der Waals surface area (Å²) in [7, 11) is 0. The van der Waals surface area contributed by atoms with Gasteiger partial charge in [0, 0.05) is 25.7 Å². The lowest BCUT2D eigenvalue weighted by molar-refractivity contribution is -0.148. The normalized spacial score (nSPS) is 32.4. The van der Waals surface area contributed by atoms with Gasteiger partial charge >= 0.3 is 0 Å². The Bertz CT molecular complexity index is 318. The molecule has 2 saturated heterocycles. The molecule has 0 aromatic heterocycles. The molecule has 20 heavy (non-hydrogen) atoms. The van der Waals surface area contributed by atoms with Crippen molar-refractivity contribution in [1.82, 2.24) is 4.90 Å². The van der Waals surface area contributed by atoms with E-state index in [-0.39, 0.29) is 18.1 Å². The van der Waals surface area contributed by atoms with Gasteiger partial charge in [-0.15, -0.1) is 0 Å². The highest BCUT2D eigenvalue weighted by atomic mass is 16.5. The van der Waals surface area contributed by atoms with Crippen molar-refractivity contribution in [3.8, 4) is 0 Å². The summed E-state index contributed by atoms with van der Waals surface area (Å²) in [6.07, 6.45) is 3.95. The molecule has 2 heterocycles. The van der Waals surface area contributed by atoms with E-state index in [1.54, 1.807) is 0 Å². The fourth-order valence-electron chi connectivity index (χ4n) is 3.10. The van der Waals surface area contributed by atoms with Gasteiger partial charge in [0.1, 0.15) is 6.10 Å². The number of nitrogens with two attached hydrogens (primary N) is 1. The van der Waals surface area contributed by atoms with Gasteiger partial charge in [0.2, 0.25) is 0 Å². The molecule has 4 atom stereocenters. The van der Waals surface area contributed by atoms with E-state index < -0.39 is 6.10 Å². The Labute approximate surface area is 121 Å². The second-order valence-corrected chi connectivity index (χ2v) is 6.16. The first-order valence-corrected chi connectivity index (χ1v) is 7.85. The molecule has 0 radical (unpaired) electrons. The van der Waals surface area contributed by atoms with E-state index in [9.17, 15) is 4.79 Å². The minimum Gasteiger partial charge on any atom is -0.376 e. The van der Waals surface area contributed by atoms with Gasteiger partial charge in [-0.25, -0.2) is 0 Å². The lowest BCUT2D eigenvalue weighted by Gasteiger charge is -2.39. The molecule has 5 heteroatoms. The Morgan fingerprint density at radius 3 is 2.95 bits per heavy atom. The van der Waals surface area contributed by atoms with Gasteiger partial charge in [-0.2, -0.15) is 0 Å². The van der Waals surface area contributed by atoms with Gasteiger partial charge in [-0.05, 0) is 38.5 Å². The number of nitrogens with zero attached hydrogens (tertiary/aromatic N) is 1. The van der Waals surface area contributed by atoms with Crippen LogP contribution in [-0.2, 0) is 14.3 Å². The molecular weight excluding hydrogens is 256 g/mol. The highest BCUT2D eigenvalue weighted by molar-refractivity contribution is 5.81. The Hall–Kier alpha value is -0.650. The molecule has 1 amide bonds. The monoisotopic (exact) mass is 284 g/mol. The molecule has 4 unspecified atom stereocenters. The van der Waals surface area contributed by atoms with Crippen LogP contribution in [0.2, 0.25) is 0 Å². The van der Waals surface area contributed by atoms with Crippen LogP contribution in [0.15, 0.2) is 0 Å². The number of ether oxygens (including phenoxy) is 2. The Balaban J connectivity index is 1.81. The zero-order chi connectivity index (χ0) is 14.5. The van der Waals surface area contributed by atoms with Gasteiger partial charge in [0.05, 0.1) is 12.7 Å². The fourth-order valence-corrected chi connectivity index (χ4v) is 3.10. The first-order valence-electron chi connectivity index (χ1n) is 7.85. The van der Waals surface area contributed by atoms with Crippen LogP contribution in [0.25, 0.3) is 0 Å². The predicted molar refractivity (Wildman–Crippen MR) is 77.3 cm³/mol. The third-order valence-electron chi connectivity index (χ3n) is 4.44. The number of hydrogen-bond acceptors (Lipinski definition) is 4. The molecule has 0 aromatic carbocycles. The lowest BCUT2D eigenvalue weighted by Crippen LogP contribution is -2.52. The van der Waals surface area contributed by atoms with E-state index in [1.165, 1.54) is 0 Å². The Morgan fingerprint density at radius 2 is 2.30 bits per heavy atom. The highest BCUT2D eigenvalue weighted by Crippen LogP contribution is 2.23. The Morgan fingerprint density at radius 1 is 1.50 bits per heavy atom. The SMILES string of the molecule is CC1CCN(C(=O)C(C)OCC2CCCO2)C(CN)C1. The van der Waals surface area contributed by atoms with Crippen molar-refractivity contribution in [2.45, 2.75) is 57.8 Å². The summed E-state index contributed by atoms with van der Waals surface area (Å²) in [5, 5.41) is 0. The van der Waals surface area contributed by atoms with Crippen LogP contribution < -0.4 is 5.73 Å². The third kappa shape index (κ3) is 3.93. The second-order valence-electron chi connectivity index (χ2n) is 6.16. The molecule has 2 fully saturated rings. The molecule has 0 saturated carbocycles. The van der Waals surface area contributed by atoms with E-state index in [0.29, 0.717) is 19.1 Å². The third-order valence-corrected chi connectivity index (χ3v) is 4.44. The van der Waals surface area contributed by atoms with Gasteiger partial charge in [-0.1, -0.05) is 6.92 Å². The Kier molecular flexibility index (Phi) is 5.81. The summed E-state index contributed by atoms with van der Waals surface area (Å²) in [5.74, 6) is 0.723. The minimum absolute atomic E-state index is 0.0744. The van der Waals surface area contributed by atoms with Crippen molar-refractivity contribution in [1.29, 1.82) is 0 Å². The van der Waals surface area contributed by atoms with Crippen LogP contribution in [0.4, 0.5) is 0 Å². The molecule has 2 aliphatic heterocycles. The molecule has 2 aliphatic rings. The molecule has 5 nitrogen and oxygen atoms in total. The van der Waals surface area contributed by atoms with E-state index in [1.807, 2.05) is 11.8 Å². The van der Waals surface area contributed by atoms with E-state index in [0.717, 1.165) is 38.8 Å². The van der Waals surface area contributed by atoms with Crippen LogP contribution in [0, 0.1) is 5.92 Å². The number of rotatable bonds is 5. The van der Waals surface area contributed by atoms with Gasteiger partial charge in [-0.3, -0.25) is 4.79 Å². The lowest BCUT2D eigenvalue weighted by atomic mass is 9.92. The molecule has 0 aromatic rings. The number of carbonyl (C=O) groups excluding carboxylic acids is 1. The largest absolute Gasteiger partial charge is 0.376 e. The van der Waals surface area contributed by atoms with Crippen LogP contribution in [0.5, 0.6) is 0 Å². The number of amides is 1. The number of likely N-dealkylation sites (tertiary alicyclic amines) is 1. The maximum absolute atomic E-state index is 12.5. The summed E-state index contributed by atoms with van der Waals surface area (Å²) in [6, 6.07) is 0.167. The zero-order valence-electron chi connectivity index (χ0n) is 12.7. The molecule has 0 spiro atoms. The van der Waals surface area contributed by atoms with Crippen LogP contribution in [0.1, 0.15) is 39.5 Å². The number of piperidine rings is 1. The van der Waals surface area contributed by atoms with Crippen LogP contribution in [-0.4, -0.2) is 55.4 Å². The van der Waals surface area contributed by atoms with Gasteiger partial charge in [0.25, 0.3) is 5.91 Å². The van der Waals surface area contributed by atoms with Crippen molar-refractivity contribution in [3.05, 3.63) is 0 Å². The smallest absolute Gasteiger partial charge is 0.251 e. The van der Waals surface area contributed by atoms with E-state index in [4.69, 9.17) is 15.2 Å². The van der Waals surface area contributed by atoms with E-state index in [2.05, 4.69) is 6.92 Å². The average Bonchev–Trinajstić information content (AvgIpc) is 2.97. The van der Waals surface area contributed by atoms with Gasteiger partial charge < -0.3 is 20.1 Å². The predicted octanol–water partition coefficient (Wildman–Crippen LogP) is 1.16. The van der Waals surface area contributed by atoms with Crippen molar-refractivity contribution in [2.24, 2.45) is 11.7 Å². The summed E-state index contributed by atoms with van der Waals surface area (Å²) in [4.78, 5) is 14.4. The summed E-state index contributed by atoms with van der Waals surface area (Å²) < 4.78 is 11.2. The van der Waals surface area contributed by atoms with Crippen LogP contribution >= 0.6 is 0 Å². The molecule has 116 valence electrons. The average molecular weight is 284 g/mol. The van der Waals surface area contributed by atoms with Crippen LogP contribution in [0.3, 0.4) is 0 Å². The topological polar surface area (TPSA) is 64.8 Å². The van der Waals surface area contributed by atoms with Crippen molar-refractivity contribution in [3.63, 3.8) is 0 Å². The summed E-state index contributed by atoms with van der Waals surface area (Å²) in [5.41, 5.74) is 5.81. The second kappa shape index (κ2) is 7.38. The molecule has 0 aliphatic carbocycles. The molecule has 2 N–H and O–H groups in total.